The lowest BCUT2D eigenvalue weighted by Crippen LogP contribution is -2.25. The third-order valence-electron chi connectivity index (χ3n) is 2.16. The van der Waals surface area contributed by atoms with E-state index in [4.69, 9.17) is 5.11 Å². The normalized spacial score (nSPS) is 10.0. The Morgan fingerprint density at radius 2 is 1.65 bits per heavy atom. The number of phenolic OH excluding ortho intramolecular Hbond substituents is 1. The number of carbonyl (C=O) groups is 2. The van der Waals surface area contributed by atoms with E-state index in [0.717, 1.165) is 0 Å². The van der Waals surface area contributed by atoms with Gasteiger partial charge in [-0.25, -0.2) is 4.79 Å². The highest BCUT2D eigenvalue weighted by Crippen LogP contribution is 2.19. The lowest BCUT2D eigenvalue weighted by atomic mass is 10.2. The molecule has 0 bridgehead atoms. The second-order valence-corrected chi connectivity index (χ2v) is 6.35. The van der Waals surface area contributed by atoms with Gasteiger partial charge in [0.25, 0.3) is 5.91 Å². The number of amides is 2. The first-order valence-electron chi connectivity index (χ1n) is 5.88. The molecule has 20 heavy (non-hydrogen) atoms. The van der Waals surface area contributed by atoms with Crippen LogP contribution in [-0.2, 0) is 0 Å². The number of hydrogen-bond acceptors (Lipinski definition) is 5. The van der Waals surface area contributed by atoms with E-state index in [1.54, 1.807) is 29.0 Å². The number of hydrogen-bond donors (Lipinski definition) is 4. The van der Waals surface area contributed by atoms with Crippen molar-refractivity contribution in [2.45, 2.75) is 0 Å². The van der Waals surface area contributed by atoms with Gasteiger partial charge in [0.2, 0.25) is 0 Å². The zero-order valence-corrected chi connectivity index (χ0v) is 12.3. The molecule has 110 valence electrons. The largest absolute Gasteiger partial charge is 0.507 e. The van der Waals surface area contributed by atoms with E-state index in [1.165, 1.54) is 16.9 Å². The smallest absolute Gasteiger partial charge is 0.404 e. The van der Waals surface area contributed by atoms with E-state index in [1.807, 2.05) is 0 Å². The second kappa shape index (κ2) is 9.38. The number of rotatable bonds is 8. The first-order chi connectivity index (χ1) is 9.61. The minimum atomic E-state index is -1.02. The maximum Gasteiger partial charge on any atom is 0.404 e. The van der Waals surface area contributed by atoms with Crippen molar-refractivity contribution >= 4 is 33.6 Å². The monoisotopic (exact) mass is 316 g/mol. The quantitative estimate of drug-likeness (QED) is 0.431. The van der Waals surface area contributed by atoms with Crippen LogP contribution in [0.3, 0.4) is 0 Å². The van der Waals surface area contributed by atoms with E-state index in [9.17, 15) is 14.7 Å². The number of carbonyl (C=O) groups excluding carboxylic acids is 1. The highest BCUT2D eigenvalue weighted by Gasteiger charge is 2.08. The molecule has 0 aliphatic rings. The summed E-state index contributed by atoms with van der Waals surface area (Å²) in [4.78, 5) is 21.9. The van der Waals surface area contributed by atoms with E-state index in [-0.39, 0.29) is 17.2 Å². The van der Waals surface area contributed by atoms with E-state index in [2.05, 4.69) is 10.6 Å². The number of phenols is 1. The number of benzene rings is 1. The van der Waals surface area contributed by atoms with Crippen molar-refractivity contribution in [3.63, 3.8) is 0 Å². The molecule has 1 aromatic carbocycles. The van der Waals surface area contributed by atoms with Gasteiger partial charge >= 0.3 is 6.09 Å². The Hall–Kier alpha value is -1.54. The molecule has 0 spiro atoms. The van der Waals surface area contributed by atoms with Crippen LogP contribution in [0.1, 0.15) is 10.4 Å². The molecular weight excluding hydrogens is 300 g/mol. The third-order valence-corrected chi connectivity index (χ3v) is 4.57. The molecular formula is C12H16N2O4S2. The molecule has 0 fully saturated rings. The zero-order valence-electron chi connectivity index (χ0n) is 10.7. The van der Waals surface area contributed by atoms with Crippen LogP contribution in [0.25, 0.3) is 0 Å². The second-order valence-electron chi connectivity index (χ2n) is 3.65. The Kier molecular flexibility index (Phi) is 7.74. The van der Waals surface area contributed by atoms with Gasteiger partial charge in [-0.05, 0) is 12.1 Å². The average molecular weight is 316 g/mol. The summed E-state index contributed by atoms with van der Waals surface area (Å²) in [5.41, 5.74) is 0.260. The lowest BCUT2D eigenvalue weighted by molar-refractivity contribution is 0.0953. The van der Waals surface area contributed by atoms with Gasteiger partial charge in [-0.15, -0.1) is 0 Å². The topological polar surface area (TPSA) is 98.7 Å². The highest BCUT2D eigenvalue weighted by molar-refractivity contribution is 8.76. The summed E-state index contributed by atoms with van der Waals surface area (Å²) < 4.78 is 0. The Labute approximate surface area is 124 Å². The molecule has 0 radical (unpaired) electrons. The molecule has 0 heterocycles. The van der Waals surface area contributed by atoms with Crippen LogP contribution in [0.2, 0.25) is 0 Å². The molecule has 0 unspecified atom stereocenters. The summed E-state index contributed by atoms with van der Waals surface area (Å²) in [7, 11) is 3.09. The van der Waals surface area contributed by atoms with Gasteiger partial charge in [0.05, 0.1) is 5.56 Å². The van der Waals surface area contributed by atoms with Crippen molar-refractivity contribution in [1.82, 2.24) is 10.6 Å². The van der Waals surface area contributed by atoms with Gasteiger partial charge in [0.1, 0.15) is 5.75 Å². The van der Waals surface area contributed by atoms with Crippen LogP contribution in [-0.4, -0.2) is 46.8 Å². The number of para-hydroxylation sites is 1. The summed E-state index contributed by atoms with van der Waals surface area (Å²) in [5, 5.41) is 22.8. The minimum absolute atomic E-state index is 0.0354. The average Bonchev–Trinajstić information content (AvgIpc) is 2.41. The molecule has 0 saturated carbocycles. The molecule has 6 nitrogen and oxygen atoms in total. The van der Waals surface area contributed by atoms with Crippen LogP contribution in [0.4, 0.5) is 4.79 Å². The van der Waals surface area contributed by atoms with Gasteiger partial charge in [-0.1, -0.05) is 33.7 Å². The molecule has 1 rings (SSSR count). The first kappa shape index (κ1) is 16.5. The lowest BCUT2D eigenvalue weighted by Gasteiger charge is -2.06. The van der Waals surface area contributed by atoms with Gasteiger partial charge in [0, 0.05) is 24.6 Å². The maximum atomic E-state index is 11.7. The molecule has 0 aliphatic carbocycles. The standard InChI is InChI=1S/C12H16N2O4S2/c15-10-4-2-1-3-9(10)11(16)13-5-7-19-20-8-6-14-12(17)18/h1-4,14-15H,5-8H2,(H,13,16)(H,17,18). The predicted octanol–water partition coefficient (Wildman–Crippen LogP) is 1.77. The molecule has 0 aliphatic heterocycles. The van der Waals surface area contributed by atoms with Crippen molar-refractivity contribution in [2.24, 2.45) is 0 Å². The SMILES string of the molecule is O=C(O)NCCSSCCNC(=O)c1ccccc1O. The highest BCUT2D eigenvalue weighted by atomic mass is 33.1. The van der Waals surface area contributed by atoms with Gasteiger partial charge in [-0.3, -0.25) is 4.79 Å². The zero-order chi connectivity index (χ0) is 14.8. The van der Waals surface area contributed by atoms with Gasteiger partial charge < -0.3 is 20.8 Å². The molecule has 4 N–H and O–H groups in total. The fourth-order valence-corrected chi connectivity index (χ4v) is 3.10. The fraction of sp³-hybridized carbons (Fsp3) is 0.333. The Balaban J connectivity index is 2.08. The summed E-state index contributed by atoms with van der Waals surface area (Å²) in [6.45, 7) is 0.883. The van der Waals surface area contributed by atoms with Crippen LogP contribution in [0.5, 0.6) is 5.75 Å². The minimum Gasteiger partial charge on any atom is -0.507 e. The summed E-state index contributed by atoms with van der Waals surface area (Å²) >= 11 is 0. The summed E-state index contributed by atoms with van der Waals surface area (Å²) in [6, 6.07) is 6.37. The van der Waals surface area contributed by atoms with Crippen molar-refractivity contribution in [3.05, 3.63) is 29.8 Å². The third kappa shape index (κ3) is 6.58. The van der Waals surface area contributed by atoms with Crippen molar-refractivity contribution in [3.8, 4) is 5.75 Å². The van der Waals surface area contributed by atoms with Crippen molar-refractivity contribution < 1.29 is 19.8 Å². The van der Waals surface area contributed by atoms with Crippen molar-refractivity contribution in [2.75, 3.05) is 24.6 Å². The Morgan fingerprint density at radius 3 is 2.25 bits per heavy atom. The first-order valence-corrected chi connectivity index (χ1v) is 8.37. The molecule has 0 aromatic heterocycles. The molecule has 0 atom stereocenters. The maximum absolute atomic E-state index is 11.7. The number of aromatic hydroxyl groups is 1. The summed E-state index contributed by atoms with van der Waals surface area (Å²) in [5.74, 6) is 1.04. The Morgan fingerprint density at radius 1 is 1.05 bits per heavy atom. The number of nitrogens with one attached hydrogen (secondary N) is 2. The number of carboxylic acid groups (broad SMARTS) is 1. The predicted molar refractivity (Wildman–Crippen MR) is 81.4 cm³/mol. The van der Waals surface area contributed by atoms with E-state index in [0.29, 0.717) is 24.6 Å². The fourth-order valence-electron chi connectivity index (χ4n) is 1.28. The van der Waals surface area contributed by atoms with E-state index < -0.39 is 6.09 Å². The summed E-state index contributed by atoms with van der Waals surface area (Å²) in [6.07, 6.45) is -1.02. The molecule has 0 saturated heterocycles. The van der Waals surface area contributed by atoms with Crippen molar-refractivity contribution in [1.29, 1.82) is 0 Å². The van der Waals surface area contributed by atoms with Crippen LogP contribution >= 0.6 is 21.6 Å². The van der Waals surface area contributed by atoms with Gasteiger partial charge in [-0.2, -0.15) is 0 Å². The van der Waals surface area contributed by atoms with Crippen LogP contribution < -0.4 is 10.6 Å². The molecule has 2 amide bonds. The van der Waals surface area contributed by atoms with Crippen LogP contribution in [0.15, 0.2) is 24.3 Å². The van der Waals surface area contributed by atoms with Gasteiger partial charge in [0.15, 0.2) is 0 Å². The molecule has 8 heteroatoms. The van der Waals surface area contributed by atoms with Crippen LogP contribution in [0, 0.1) is 0 Å². The Bertz CT molecular complexity index is 457. The molecule has 1 aromatic rings. The van der Waals surface area contributed by atoms with E-state index >= 15 is 0 Å².